The molecule has 0 spiro atoms. The number of aryl methyl sites for hydroxylation is 1. The van der Waals surface area contributed by atoms with E-state index in [-0.39, 0.29) is 5.82 Å². The van der Waals surface area contributed by atoms with Crippen LogP contribution >= 0.6 is 11.6 Å². The predicted octanol–water partition coefficient (Wildman–Crippen LogP) is 3.57. The van der Waals surface area contributed by atoms with Gasteiger partial charge in [-0.05, 0) is 24.6 Å². The molecule has 0 fully saturated rings. The van der Waals surface area contributed by atoms with Gasteiger partial charge in [0.25, 0.3) is 0 Å². The molecule has 24 heavy (non-hydrogen) atoms. The second-order valence-electron chi connectivity index (χ2n) is 5.03. The Morgan fingerprint density at radius 2 is 2.17 bits per heavy atom. The Bertz CT molecular complexity index is 850. The lowest BCUT2D eigenvalue weighted by Gasteiger charge is -2.15. The highest BCUT2D eigenvalue weighted by Gasteiger charge is 2.12. The average Bonchev–Trinajstić information content (AvgIpc) is 2.95. The monoisotopic (exact) mass is 344 g/mol. The maximum Gasteiger partial charge on any atom is 0.229 e. The van der Waals surface area contributed by atoms with Crippen LogP contribution < -0.4 is 10.6 Å². The van der Waals surface area contributed by atoms with E-state index in [0.29, 0.717) is 28.4 Å². The number of nitrogens with zero attached hydrogens (tertiary/aromatic N) is 4. The molecule has 3 aromatic rings. The van der Waals surface area contributed by atoms with Gasteiger partial charge in [0.2, 0.25) is 5.95 Å². The SMILES string of the molecule is [CH2][C](Nc1nc(Nc2cnn(C)c2)ncc1Cl)c1cccc(F)c1. The highest BCUT2D eigenvalue weighted by Crippen LogP contribution is 2.25. The van der Waals surface area contributed by atoms with Gasteiger partial charge in [-0.3, -0.25) is 4.68 Å². The minimum absolute atomic E-state index is 0.323. The second kappa shape index (κ2) is 6.84. The number of aromatic nitrogens is 4. The topological polar surface area (TPSA) is 67.7 Å². The van der Waals surface area contributed by atoms with Gasteiger partial charge in [0.05, 0.1) is 24.1 Å². The highest BCUT2D eigenvalue weighted by molar-refractivity contribution is 6.32. The summed E-state index contributed by atoms with van der Waals surface area (Å²) in [7, 11) is 1.81. The summed E-state index contributed by atoms with van der Waals surface area (Å²) >= 11 is 6.12. The van der Waals surface area contributed by atoms with E-state index in [9.17, 15) is 4.39 Å². The van der Waals surface area contributed by atoms with E-state index >= 15 is 0 Å². The van der Waals surface area contributed by atoms with E-state index in [1.807, 2.05) is 7.05 Å². The lowest BCUT2D eigenvalue weighted by molar-refractivity contribution is 0.626. The number of anilines is 3. The molecule has 0 bridgehead atoms. The van der Waals surface area contributed by atoms with Crippen LogP contribution in [0.5, 0.6) is 0 Å². The van der Waals surface area contributed by atoms with Crippen LogP contribution in [0.2, 0.25) is 5.02 Å². The molecule has 0 aliphatic rings. The van der Waals surface area contributed by atoms with Crippen molar-refractivity contribution in [2.75, 3.05) is 10.6 Å². The van der Waals surface area contributed by atoms with Crippen LogP contribution in [0, 0.1) is 18.8 Å². The molecular weight excluding hydrogens is 331 g/mol. The van der Waals surface area contributed by atoms with E-state index in [1.165, 1.54) is 18.3 Å². The third kappa shape index (κ3) is 3.80. The largest absolute Gasteiger partial charge is 0.356 e. The molecule has 0 amide bonds. The molecule has 2 aromatic heterocycles. The number of hydrogen-bond donors (Lipinski definition) is 2. The summed E-state index contributed by atoms with van der Waals surface area (Å²) in [5, 5.41) is 10.4. The van der Waals surface area contributed by atoms with Crippen molar-refractivity contribution < 1.29 is 4.39 Å². The first-order valence-electron chi connectivity index (χ1n) is 7.01. The Hall–Kier alpha value is -2.67. The van der Waals surface area contributed by atoms with Crippen molar-refractivity contribution in [3.8, 4) is 0 Å². The summed E-state index contributed by atoms with van der Waals surface area (Å²) in [6, 6.07) is 6.56. The molecule has 2 N–H and O–H groups in total. The van der Waals surface area contributed by atoms with Crippen LogP contribution in [0.15, 0.2) is 42.9 Å². The third-order valence-corrected chi connectivity index (χ3v) is 3.42. The Morgan fingerprint density at radius 1 is 1.33 bits per heavy atom. The highest BCUT2D eigenvalue weighted by atomic mass is 35.5. The van der Waals surface area contributed by atoms with Gasteiger partial charge < -0.3 is 10.6 Å². The zero-order valence-corrected chi connectivity index (χ0v) is 13.5. The van der Waals surface area contributed by atoms with Crippen molar-refractivity contribution in [2.24, 2.45) is 7.05 Å². The summed E-state index contributed by atoms with van der Waals surface area (Å²) in [5.74, 6) is 0.373. The molecule has 0 saturated carbocycles. The molecule has 2 radical (unpaired) electrons. The number of rotatable bonds is 5. The van der Waals surface area contributed by atoms with Gasteiger partial charge in [-0.1, -0.05) is 23.7 Å². The van der Waals surface area contributed by atoms with E-state index in [2.05, 4.69) is 32.6 Å². The average molecular weight is 345 g/mol. The van der Waals surface area contributed by atoms with Crippen molar-refractivity contribution in [2.45, 2.75) is 0 Å². The maximum absolute atomic E-state index is 13.3. The number of hydrogen-bond acceptors (Lipinski definition) is 5. The lowest BCUT2D eigenvalue weighted by Crippen LogP contribution is -2.11. The lowest BCUT2D eigenvalue weighted by atomic mass is 10.1. The van der Waals surface area contributed by atoms with Crippen molar-refractivity contribution in [1.82, 2.24) is 19.7 Å². The van der Waals surface area contributed by atoms with Gasteiger partial charge in [-0.15, -0.1) is 0 Å². The molecule has 0 aliphatic carbocycles. The maximum atomic E-state index is 13.3. The Labute approximate surface area is 143 Å². The van der Waals surface area contributed by atoms with Crippen LogP contribution in [0.25, 0.3) is 0 Å². The zero-order chi connectivity index (χ0) is 17.1. The molecule has 8 heteroatoms. The van der Waals surface area contributed by atoms with E-state index in [0.717, 1.165) is 5.69 Å². The summed E-state index contributed by atoms with van der Waals surface area (Å²) in [5.41, 5.74) is 1.35. The Balaban J connectivity index is 1.78. The molecule has 0 unspecified atom stereocenters. The van der Waals surface area contributed by atoms with Crippen LogP contribution in [-0.2, 0) is 7.05 Å². The summed E-state index contributed by atoms with van der Waals surface area (Å²) < 4.78 is 15.0. The first kappa shape index (κ1) is 16.2. The number of nitrogens with one attached hydrogen (secondary N) is 2. The molecule has 0 saturated heterocycles. The molecule has 2 heterocycles. The van der Waals surface area contributed by atoms with Gasteiger partial charge in [0, 0.05) is 13.2 Å². The van der Waals surface area contributed by atoms with Gasteiger partial charge >= 0.3 is 0 Å². The molecule has 6 nitrogen and oxygen atoms in total. The summed E-state index contributed by atoms with van der Waals surface area (Å²) in [4.78, 5) is 8.42. The molecule has 0 aliphatic heterocycles. The minimum atomic E-state index is -0.344. The summed E-state index contributed by atoms with van der Waals surface area (Å²) in [6.45, 7) is 3.89. The van der Waals surface area contributed by atoms with Crippen LogP contribution in [0.1, 0.15) is 5.56 Å². The standard InChI is InChI=1S/C16H14ClFN6/c1-10(11-4-3-5-12(18)6-11)21-15-14(17)8-19-16(23-15)22-13-7-20-24(2)9-13/h3-9H,1H2,2H3,(H2,19,21,22,23). The van der Waals surface area contributed by atoms with Crippen LogP contribution in [0.3, 0.4) is 0 Å². The number of halogens is 2. The van der Waals surface area contributed by atoms with Crippen molar-refractivity contribution in [3.05, 3.63) is 72.2 Å². The fourth-order valence-corrected chi connectivity index (χ4v) is 2.16. The van der Waals surface area contributed by atoms with Gasteiger partial charge in [0.15, 0.2) is 5.82 Å². The molecule has 3 rings (SSSR count). The molecule has 1 aromatic carbocycles. The van der Waals surface area contributed by atoms with E-state index in [1.54, 1.807) is 29.2 Å². The van der Waals surface area contributed by atoms with Crippen LogP contribution in [0.4, 0.5) is 21.8 Å². The molecule has 0 atom stereocenters. The first-order valence-corrected chi connectivity index (χ1v) is 7.39. The van der Waals surface area contributed by atoms with E-state index < -0.39 is 0 Å². The predicted molar refractivity (Wildman–Crippen MR) is 91.3 cm³/mol. The normalized spacial score (nSPS) is 10.9. The van der Waals surface area contributed by atoms with Crippen molar-refractivity contribution >= 4 is 29.1 Å². The van der Waals surface area contributed by atoms with Crippen molar-refractivity contribution in [3.63, 3.8) is 0 Å². The van der Waals surface area contributed by atoms with E-state index in [4.69, 9.17) is 11.6 Å². The zero-order valence-electron chi connectivity index (χ0n) is 12.8. The second-order valence-corrected chi connectivity index (χ2v) is 5.44. The smallest absolute Gasteiger partial charge is 0.229 e. The fourth-order valence-electron chi connectivity index (χ4n) is 2.02. The van der Waals surface area contributed by atoms with Crippen molar-refractivity contribution in [1.29, 1.82) is 0 Å². The molecular formula is C16H14ClFN6. The summed E-state index contributed by atoms with van der Waals surface area (Å²) in [6.07, 6.45) is 4.90. The third-order valence-electron chi connectivity index (χ3n) is 3.15. The fraction of sp³-hybridized carbons (Fsp3) is 0.0625. The first-order chi connectivity index (χ1) is 11.5. The minimum Gasteiger partial charge on any atom is -0.356 e. The van der Waals surface area contributed by atoms with Crippen LogP contribution in [-0.4, -0.2) is 19.7 Å². The quantitative estimate of drug-likeness (QED) is 0.740. The Kier molecular flexibility index (Phi) is 4.61. The van der Waals surface area contributed by atoms with Gasteiger partial charge in [-0.25, -0.2) is 9.37 Å². The molecule has 122 valence electrons. The van der Waals surface area contributed by atoms with Gasteiger partial charge in [-0.2, -0.15) is 10.1 Å². The van der Waals surface area contributed by atoms with Gasteiger partial charge in [0.1, 0.15) is 10.8 Å². The Morgan fingerprint density at radius 3 is 2.88 bits per heavy atom. The number of benzene rings is 1.